The Morgan fingerprint density at radius 2 is 1.64 bits per heavy atom. The Morgan fingerprint density at radius 1 is 0.897 bits per heavy atom. The van der Waals surface area contributed by atoms with Crippen molar-refractivity contribution < 1.29 is 4.79 Å². The summed E-state index contributed by atoms with van der Waals surface area (Å²) in [6, 6.07) is 23.2. The normalized spacial score (nSPS) is 17.2. The molecule has 0 atom stereocenters. The molecule has 0 bridgehead atoms. The molecule has 0 unspecified atom stereocenters. The van der Waals surface area contributed by atoms with Crippen LogP contribution in [-0.2, 0) is 11.3 Å². The van der Waals surface area contributed by atoms with Crippen molar-refractivity contribution in [2.75, 3.05) is 44.2 Å². The summed E-state index contributed by atoms with van der Waals surface area (Å²) in [4.78, 5) is 25.4. The lowest BCUT2D eigenvalue weighted by Crippen LogP contribution is -2.51. The first-order valence-corrected chi connectivity index (χ1v) is 14.8. The summed E-state index contributed by atoms with van der Waals surface area (Å²) in [5.41, 5.74) is 7.22. The number of aromatic nitrogens is 2. The van der Waals surface area contributed by atoms with E-state index in [1.807, 2.05) is 12.1 Å². The largest absolute Gasteiger partial charge is 0.368 e. The zero-order valence-corrected chi connectivity index (χ0v) is 24.4. The number of piperazine rings is 1. The van der Waals surface area contributed by atoms with E-state index < -0.39 is 0 Å². The number of likely N-dealkylation sites (tertiary alicyclic amines) is 1. The third kappa shape index (κ3) is 5.35. The standard InChI is InChI=1S/C32H36BrN5O/c1-23-7-5-12-29(24(23)2)36-17-19-37(20-18-36)32(39)25-13-15-35(16-14-25)22-31-34-28-10-3-4-11-30(28)38(31)27-9-6-8-26(33)21-27/h3-12,21,25H,13-20,22H2,1-2H3. The molecule has 3 heterocycles. The van der Waals surface area contributed by atoms with Crippen molar-refractivity contribution in [2.45, 2.75) is 33.2 Å². The SMILES string of the molecule is Cc1cccc(N2CCN(C(=O)C3CCN(Cc4nc5ccccc5n4-c4cccc(Br)c4)CC3)CC2)c1C. The first kappa shape index (κ1) is 26.1. The van der Waals surface area contributed by atoms with Gasteiger partial charge >= 0.3 is 0 Å². The monoisotopic (exact) mass is 585 g/mol. The average molecular weight is 587 g/mol. The highest BCUT2D eigenvalue weighted by Crippen LogP contribution is 2.28. The van der Waals surface area contributed by atoms with Crippen molar-refractivity contribution in [3.05, 3.63) is 88.2 Å². The van der Waals surface area contributed by atoms with Gasteiger partial charge in [-0.15, -0.1) is 0 Å². The number of fused-ring (bicyclic) bond motifs is 1. The molecule has 0 spiro atoms. The number of hydrogen-bond donors (Lipinski definition) is 0. The van der Waals surface area contributed by atoms with Crippen molar-refractivity contribution in [1.82, 2.24) is 19.4 Å². The number of amides is 1. The van der Waals surface area contributed by atoms with Gasteiger partial charge in [-0.3, -0.25) is 14.3 Å². The number of piperidine rings is 1. The van der Waals surface area contributed by atoms with E-state index >= 15 is 0 Å². The van der Waals surface area contributed by atoms with Gasteiger partial charge < -0.3 is 9.80 Å². The number of halogens is 1. The Labute approximate surface area is 239 Å². The molecular formula is C32H36BrN5O. The Balaban J connectivity index is 1.08. The summed E-state index contributed by atoms with van der Waals surface area (Å²) in [6.45, 7) is 10.4. The minimum absolute atomic E-state index is 0.123. The van der Waals surface area contributed by atoms with Crippen LogP contribution in [-0.4, -0.2) is 64.5 Å². The van der Waals surface area contributed by atoms with Gasteiger partial charge in [0.25, 0.3) is 0 Å². The number of anilines is 1. The molecule has 3 aromatic carbocycles. The minimum atomic E-state index is 0.123. The predicted molar refractivity (Wildman–Crippen MR) is 161 cm³/mol. The summed E-state index contributed by atoms with van der Waals surface area (Å²) in [5, 5.41) is 0. The maximum atomic E-state index is 13.4. The van der Waals surface area contributed by atoms with Gasteiger partial charge in [0.1, 0.15) is 5.82 Å². The molecule has 6 rings (SSSR count). The van der Waals surface area contributed by atoms with Crippen molar-refractivity contribution in [1.29, 1.82) is 0 Å². The fourth-order valence-electron chi connectivity index (χ4n) is 6.13. The highest BCUT2D eigenvalue weighted by Gasteiger charge is 2.31. The van der Waals surface area contributed by atoms with E-state index in [0.717, 1.165) is 85.7 Å². The van der Waals surface area contributed by atoms with Crippen molar-refractivity contribution in [3.8, 4) is 5.69 Å². The topological polar surface area (TPSA) is 44.6 Å². The highest BCUT2D eigenvalue weighted by atomic mass is 79.9. The summed E-state index contributed by atoms with van der Waals surface area (Å²) in [7, 11) is 0. The van der Waals surface area contributed by atoms with Crippen LogP contribution in [0.4, 0.5) is 5.69 Å². The number of carbonyl (C=O) groups is 1. The van der Waals surface area contributed by atoms with Gasteiger partial charge in [-0.25, -0.2) is 4.98 Å². The molecule has 39 heavy (non-hydrogen) atoms. The maximum Gasteiger partial charge on any atom is 0.225 e. The van der Waals surface area contributed by atoms with Crippen molar-refractivity contribution >= 4 is 38.6 Å². The second kappa shape index (κ2) is 11.1. The molecule has 2 aliphatic rings. The quantitative estimate of drug-likeness (QED) is 0.289. The molecule has 1 aromatic heterocycles. The number of aryl methyl sites for hydroxylation is 1. The number of nitrogens with zero attached hydrogens (tertiary/aromatic N) is 5. The Kier molecular flexibility index (Phi) is 7.45. The lowest BCUT2D eigenvalue weighted by molar-refractivity contribution is -0.137. The van der Waals surface area contributed by atoms with Crippen LogP contribution in [0.5, 0.6) is 0 Å². The number of para-hydroxylation sites is 2. The van der Waals surface area contributed by atoms with E-state index in [4.69, 9.17) is 4.98 Å². The molecule has 2 fully saturated rings. The first-order valence-electron chi connectivity index (χ1n) is 14.0. The number of hydrogen-bond acceptors (Lipinski definition) is 4. The average Bonchev–Trinajstić information content (AvgIpc) is 3.32. The van der Waals surface area contributed by atoms with Crippen LogP contribution in [0, 0.1) is 19.8 Å². The van der Waals surface area contributed by atoms with Gasteiger partial charge in [-0.05, 0) is 87.3 Å². The van der Waals surface area contributed by atoms with Crippen LogP contribution in [0.25, 0.3) is 16.7 Å². The molecule has 202 valence electrons. The van der Waals surface area contributed by atoms with E-state index in [1.54, 1.807) is 0 Å². The third-order valence-corrected chi connectivity index (χ3v) is 9.00. The van der Waals surface area contributed by atoms with Gasteiger partial charge in [0.15, 0.2) is 0 Å². The van der Waals surface area contributed by atoms with Gasteiger partial charge in [-0.2, -0.15) is 0 Å². The van der Waals surface area contributed by atoms with Crippen LogP contribution in [0.1, 0.15) is 29.8 Å². The summed E-state index contributed by atoms with van der Waals surface area (Å²) < 4.78 is 3.32. The van der Waals surface area contributed by atoms with Crippen molar-refractivity contribution in [2.24, 2.45) is 5.92 Å². The molecule has 0 N–H and O–H groups in total. The van der Waals surface area contributed by atoms with Crippen LogP contribution < -0.4 is 4.90 Å². The molecule has 7 heteroatoms. The lowest BCUT2D eigenvalue weighted by atomic mass is 9.95. The second-order valence-electron chi connectivity index (χ2n) is 10.9. The molecule has 2 aliphatic heterocycles. The van der Waals surface area contributed by atoms with E-state index in [2.05, 4.69) is 104 Å². The minimum Gasteiger partial charge on any atom is -0.368 e. The fourth-order valence-corrected chi connectivity index (χ4v) is 6.51. The third-order valence-electron chi connectivity index (χ3n) is 8.51. The Hall–Kier alpha value is -3.16. The van der Waals surface area contributed by atoms with E-state index in [0.29, 0.717) is 5.91 Å². The van der Waals surface area contributed by atoms with E-state index in [-0.39, 0.29) is 5.92 Å². The van der Waals surface area contributed by atoms with Crippen LogP contribution in [0.3, 0.4) is 0 Å². The smallest absolute Gasteiger partial charge is 0.225 e. The molecule has 6 nitrogen and oxygen atoms in total. The first-order chi connectivity index (χ1) is 19.0. The fraction of sp³-hybridized carbons (Fsp3) is 0.375. The van der Waals surface area contributed by atoms with Crippen LogP contribution >= 0.6 is 15.9 Å². The zero-order chi connectivity index (χ0) is 26.9. The number of rotatable bonds is 5. The summed E-state index contributed by atoms with van der Waals surface area (Å²) in [5.74, 6) is 1.51. The Bertz CT molecular complexity index is 1480. The van der Waals surface area contributed by atoms with Gasteiger partial charge in [0.2, 0.25) is 5.91 Å². The zero-order valence-electron chi connectivity index (χ0n) is 22.8. The van der Waals surface area contributed by atoms with Gasteiger partial charge in [0, 0.05) is 47.9 Å². The molecule has 0 saturated carbocycles. The molecule has 2 saturated heterocycles. The molecule has 0 aliphatic carbocycles. The number of carbonyl (C=O) groups excluding carboxylic acids is 1. The summed E-state index contributed by atoms with van der Waals surface area (Å²) >= 11 is 3.63. The van der Waals surface area contributed by atoms with Gasteiger partial charge in [0.05, 0.1) is 17.6 Å². The summed E-state index contributed by atoms with van der Waals surface area (Å²) in [6.07, 6.45) is 1.82. The lowest BCUT2D eigenvalue weighted by Gasteiger charge is -2.40. The maximum absolute atomic E-state index is 13.4. The number of imidazole rings is 1. The highest BCUT2D eigenvalue weighted by molar-refractivity contribution is 9.10. The molecule has 0 radical (unpaired) electrons. The molecule has 1 amide bonds. The second-order valence-corrected chi connectivity index (χ2v) is 11.8. The number of benzene rings is 3. The van der Waals surface area contributed by atoms with Crippen LogP contribution in [0.2, 0.25) is 0 Å². The van der Waals surface area contributed by atoms with E-state index in [9.17, 15) is 4.79 Å². The molecule has 4 aromatic rings. The Morgan fingerprint density at radius 3 is 2.41 bits per heavy atom. The van der Waals surface area contributed by atoms with Crippen LogP contribution in [0.15, 0.2) is 71.2 Å². The van der Waals surface area contributed by atoms with E-state index in [1.165, 1.54) is 16.8 Å². The van der Waals surface area contributed by atoms with Gasteiger partial charge in [-0.1, -0.05) is 46.3 Å². The van der Waals surface area contributed by atoms with Crippen molar-refractivity contribution in [3.63, 3.8) is 0 Å². The molecular weight excluding hydrogens is 550 g/mol. The predicted octanol–water partition coefficient (Wildman–Crippen LogP) is 5.97.